The van der Waals surface area contributed by atoms with Crippen LogP contribution in [0.5, 0.6) is 0 Å². The monoisotopic (exact) mass is 305 g/mol. The summed E-state index contributed by atoms with van der Waals surface area (Å²) in [6.45, 7) is 7.68. The summed E-state index contributed by atoms with van der Waals surface area (Å²) in [4.78, 5) is 4.13. The lowest BCUT2D eigenvalue weighted by Gasteiger charge is -2.19. The molecule has 0 aliphatic heterocycles. The predicted molar refractivity (Wildman–Crippen MR) is 92.2 cm³/mol. The van der Waals surface area contributed by atoms with Crippen LogP contribution in [-0.2, 0) is 0 Å². The SMILES string of the molecule is CCCNC(c1ccc(SC)cc1)c1cc(C)sc1C. The average Bonchev–Trinajstić information content (AvgIpc) is 2.79. The summed E-state index contributed by atoms with van der Waals surface area (Å²) >= 11 is 3.68. The van der Waals surface area contributed by atoms with E-state index in [1.807, 2.05) is 11.3 Å². The zero-order chi connectivity index (χ0) is 14.5. The van der Waals surface area contributed by atoms with Gasteiger partial charge in [-0.15, -0.1) is 23.1 Å². The van der Waals surface area contributed by atoms with E-state index >= 15 is 0 Å². The van der Waals surface area contributed by atoms with E-state index in [9.17, 15) is 0 Å². The first-order chi connectivity index (χ1) is 9.65. The fraction of sp³-hybridized carbons (Fsp3) is 0.412. The van der Waals surface area contributed by atoms with Crippen LogP contribution in [0.3, 0.4) is 0 Å². The van der Waals surface area contributed by atoms with Gasteiger partial charge in [-0.3, -0.25) is 0 Å². The quantitative estimate of drug-likeness (QED) is 0.738. The first-order valence-corrected chi connectivity index (χ1v) is 9.14. The summed E-state index contributed by atoms with van der Waals surface area (Å²) in [5.41, 5.74) is 2.79. The fourth-order valence-corrected chi connectivity index (χ4v) is 3.80. The Kier molecular flexibility index (Phi) is 5.70. The lowest BCUT2D eigenvalue weighted by Crippen LogP contribution is -2.23. The second-order valence-corrected chi connectivity index (χ2v) is 7.37. The molecule has 0 saturated heterocycles. The van der Waals surface area contributed by atoms with Gasteiger partial charge >= 0.3 is 0 Å². The standard InChI is InChI=1S/C17H23NS2/c1-5-10-18-17(16-11-12(2)20-13(16)3)14-6-8-15(19-4)9-7-14/h6-9,11,17-18H,5,10H2,1-4H3. The van der Waals surface area contributed by atoms with Gasteiger partial charge in [0.2, 0.25) is 0 Å². The molecule has 1 atom stereocenters. The summed E-state index contributed by atoms with van der Waals surface area (Å²) in [5.74, 6) is 0. The van der Waals surface area contributed by atoms with Crippen molar-refractivity contribution in [1.29, 1.82) is 0 Å². The third kappa shape index (κ3) is 3.66. The van der Waals surface area contributed by atoms with Gasteiger partial charge in [-0.1, -0.05) is 19.1 Å². The molecule has 108 valence electrons. The third-order valence-electron chi connectivity index (χ3n) is 3.44. The highest BCUT2D eigenvalue weighted by Gasteiger charge is 2.17. The molecular formula is C17H23NS2. The fourth-order valence-electron chi connectivity index (χ4n) is 2.43. The van der Waals surface area contributed by atoms with E-state index in [-0.39, 0.29) is 0 Å². The number of thiophene rings is 1. The lowest BCUT2D eigenvalue weighted by atomic mass is 9.99. The van der Waals surface area contributed by atoms with E-state index in [1.54, 1.807) is 11.8 Å². The van der Waals surface area contributed by atoms with E-state index in [2.05, 4.69) is 62.7 Å². The van der Waals surface area contributed by atoms with E-state index in [0.29, 0.717) is 6.04 Å². The summed E-state index contributed by atoms with van der Waals surface area (Å²) in [6.07, 6.45) is 3.27. The number of rotatable bonds is 6. The molecule has 20 heavy (non-hydrogen) atoms. The van der Waals surface area contributed by atoms with E-state index < -0.39 is 0 Å². The highest BCUT2D eigenvalue weighted by Crippen LogP contribution is 2.31. The molecule has 1 N–H and O–H groups in total. The van der Waals surface area contributed by atoms with Crippen LogP contribution in [0.2, 0.25) is 0 Å². The molecule has 1 unspecified atom stereocenters. The molecule has 0 spiro atoms. The van der Waals surface area contributed by atoms with Crippen molar-refractivity contribution < 1.29 is 0 Å². The Labute approximate surface area is 130 Å². The van der Waals surface area contributed by atoms with Crippen LogP contribution in [0.4, 0.5) is 0 Å². The van der Waals surface area contributed by atoms with Crippen molar-refractivity contribution in [2.75, 3.05) is 12.8 Å². The molecule has 1 heterocycles. The molecule has 1 nitrogen and oxygen atoms in total. The van der Waals surface area contributed by atoms with Crippen LogP contribution < -0.4 is 5.32 Å². The first-order valence-electron chi connectivity index (χ1n) is 7.10. The predicted octanol–water partition coefficient (Wildman–Crippen LogP) is 5.18. The number of nitrogens with one attached hydrogen (secondary N) is 1. The number of benzene rings is 1. The Balaban J connectivity index is 2.33. The minimum atomic E-state index is 0.316. The molecule has 1 aromatic carbocycles. The third-order valence-corrected chi connectivity index (χ3v) is 5.16. The van der Waals surface area contributed by atoms with Crippen molar-refractivity contribution in [3.8, 4) is 0 Å². The van der Waals surface area contributed by atoms with Crippen LogP contribution in [0.1, 0.15) is 40.3 Å². The van der Waals surface area contributed by atoms with Crippen molar-refractivity contribution >= 4 is 23.1 Å². The Bertz CT molecular complexity index is 543. The number of hydrogen-bond acceptors (Lipinski definition) is 3. The Morgan fingerprint density at radius 3 is 2.40 bits per heavy atom. The minimum absolute atomic E-state index is 0.316. The van der Waals surface area contributed by atoms with E-state index in [0.717, 1.165) is 13.0 Å². The Hall–Kier alpha value is -0.770. The molecule has 3 heteroatoms. The topological polar surface area (TPSA) is 12.0 Å². The number of hydrogen-bond donors (Lipinski definition) is 1. The van der Waals surface area contributed by atoms with Gasteiger partial charge in [-0.2, -0.15) is 0 Å². The molecule has 0 aliphatic rings. The molecule has 0 saturated carbocycles. The van der Waals surface area contributed by atoms with Crippen molar-refractivity contribution in [1.82, 2.24) is 5.32 Å². The molecule has 0 amide bonds. The maximum absolute atomic E-state index is 3.69. The van der Waals surface area contributed by atoms with E-state index in [4.69, 9.17) is 0 Å². The van der Waals surface area contributed by atoms with Gasteiger partial charge in [0.1, 0.15) is 0 Å². The largest absolute Gasteiger partial charge is 0.306 e. The molecule has 0 radical (unpaired) electrons. The van der Waals surface area contributed by atoms with Gasteiger partial charge in [-0.05, 0) is 62.4 Å². The summed E-state index contributed by atoms with van der Waals surface area (Å²) < 4.78 is 0. The van der Waals surface area contributed by atoms with Crippen LogP contribution >= 0.6 is 23.1 Å². The Morgan fingerprint density at radius 2 is 1.90 bits per heavy atom. The number of aryl methyl sites for hydroxylation is 2. The highest BCUT2D eigenvalue weighted by molar-refractivity contribution is 7.98. The first kappa shape index (κ1) is 15.6. The smallest absolute Gasteiger partial charge is 0.0587 e. The van der Waals surface area contributed by atoms with Crippen LogP contribution in [0.15, 0.2) is 35.2 Å². The molecule has 0 fully saturated rings. The van der Waals surface area contributed by atoms with Crippen molar-refractivity contribution in [2.24, 2.45) is 0 Å². The van der Waals surface area contributed by atoms with Gasteiger partial charge in [0, 0.05) is 14.6 Å². The van der Waals surface area contributed by atoms with Gasteiger partial charge in [-0.25, -0.2) is 0 Å². The second-order valence-electron chi connectivity index (χ2n) is 5.03. The summed E-state index contributed by atoms with van der Waals surface area (Å²) in [7, 11) is 0. The van der Waals surface area contributed by atoms with Gasteiger partial charge in [0.25, 0.3) is 0 Å². The molecular weight excluding hydrogens is 282 g/mol. The number of thioether (sulfide) groups is 1. The van der Waals surface area contributed by atoms with Crippen molar-refractivity contribution in [3.63, 3.8) is 0 Å². The zero-order valence-corrected chi connectivity index (χ0v) is 14.3. The average molecular weight is 306 g/mol. The van der Waals surface area contributed by atoms with Crippen LogP contribution in [-0.4, -0.2) is 12.8 Å². The summed E-state index contributed by atoms with van der Waals surface area (Å²) in [5, 5.41) is 3.69. The molecule has 0 aliphatic carbocycles. The van der Waals surface area contributed by atoms with Crippen LogP contribution in [0.25, 0.3) is 0 Å². The normalized spacial score (nSPS) is 12.6. The lowest BCUT2D eigenvalue weighted by molar-refractivity contribution is 0.597. The Morgan fingerprint density at radius 1 is 1.20 bits per heavy atom. The molecule has 2 aromatic rings. The summed E-state index contributed by atoms with van der Waals surface area (Å²) in [6, 6.07) is 11.6. The highest BCUT2D eigenvalue weighted by atomic mass is 32.2. The second kappa shape index (κ2) is 7.30. The van der Waals surface area contributed by atoms with Crippen molar-refractivity contribution in [3.05, 3.63) is 51.2 Å². The van der Waals surface area contributed by atoms with Gasteiger partial charge < -0.3 is 5.32 Å². The molecule has 1 aromatic heterocycles. The zero-order valence-electron chi connectivity index (χ0n) is 12.7. The minimum Gasteiger partial charge on any atom is -0.306 e. The molecule has 0 bridgehead atoms. The van der Waals surface area contributed by atoms with Gasteiger partial charge in [0.05, 0.1) is 6.04 Å². The van der Waals surface area contributed by atoms with Crippen LogP contribution in [0, 0.1) is 13.8 Å². The molecule has 2 rings (SSSR count). The maximum Gasteiger partial charge on any atom is 0.0587 e. The van der Waals surface area contributed by atoms with E-state index in [1.165, 1.54) is 25.8 Å². The maximum atomic E-state index is 3.69. The van der Waals surface area contributed by atoms with Gasteiger partial charge in [0.15, 0.2) is 0 Å². The van der Waals surface area contributed by atoms with Crippen molar-refractivity contribution in [2.45, 2.75) is 38.1 Å².